The first-order valence-electron chi connectivity index (χ1n) is 7.14. The zero-order valence-corrected chi connectivity index (χ0v) is 11.9. The molecule has 0 bridgehead atoms. The molecule has 2 rings (SSSR count). The first kappa shape index (κ1) is 14.3. The van der Waals surface area contributed by atoms with Gasteiger partial charge in [0.05, 0.1) is 12.0 Å². The van der Waals surface area contributed by atoms with E-state index < -0.39 is 11.4 Å². The fraction of sp³-hybridized carbons (Fsp3) is 0.857. The molecule has 108 valence electrons. The van der Waals surface area contributed by atoms with Crippen LogP contribution in [0.5, 0.6) is 0 Å². The Labute approximate surface area is 114 Å². The number of amides is 1. The van der Waals surface area contributed by atoms with E-state index >= 15 is 0 Å². The van der Waals surface area contributed by atoms with E-state index in [1.807, 2.05) is 9.80 Å². The van der Waals surface area contributed by atoms with E-state index in [2.05, 4.69) is 6.92 Å². The number of carboxylic acid groups (broad SMARTS) is 1. The number of rotatable bonds is 3. The molecule has 0 aromatic carbocycles. The topological polar surface area (TPSA) is 60.9 Å². The summed E-state index contributed by atoms with van der Waals surface area (Å²) < 4.78 is 0. The Morgan fingerprint density at radius 2 is 1.89 bits per heavy atom. The summed E-state index contributed by atoms with van der Waals surface area (Å²) in [5, 5.41) is 9.18. The Bertz CT molecular complexity index is 364. The van der Waals surface area contributed by atoms with Crippen molar-refractivity contribution < 1.29 is 14.7 Å². The van der Waals surface area contributed by atoms with Crippen molar-refractivity contribution in [2.24, 2.45) is 11.3 Å². The summed E-state index contributed by atoms with van der Waals surface area (Å²) in [4.78, 5) is 27.3. The van der Waals surface area contributed by atoms with Crippen molar-refractivity contribution in [2.45, 2.75) is 33.1 Å². The molecule has 0 saturated carbocycles. The molecule has 0 aromatic rings. The van der Waals surface area contributed by atoms with Gasteiger partial charge in [-0.25, -0.2) is 0 Å². The molecule has 0 aliphatic carbocycles. The number of carboxylic acids is 1. The number of nitrogens with zero attached hydrogens (tertiary/aromatic N) is 2. The molecule has 2 fully saturated rings. The molecular formula is C14H24N2O3. The summed E-state index contributed by atoms with van der Waals surface area (Å²) in [6.07, 6.45) is 2.80. The molecule has 5 nitrogen and oxygen atoms in total. The van der Waals surface area contributed by atoms with Gasteiger partial charge in [0, 0.05) is 19.6 Å². The lowest BCUT2D eigenvalue weighted by Gasteiger charge is -2.31. The molecule has 2 aliphatic heterocycles. The Hall–Kier alpha value is -1.10. The summed E-state index contributed by atoms with van der Waals surface area (Å²) >= 11 is 0. The van der Waals surface area contributed by atoms with Crippen LogP contribution >= 0.6 is 0 Å². The molecule has 2 saturated heterocycles. The molecule has 1 atom stereocenters. The summed E-state index contributed by atoms with van der Waals surface area (Å²) in [7, 11) is 0. The summed E-state index contributed by atoms with van der Waals surface area (Å²) in [5.74, 6) is 0.113. The molecule has 0 spiro atoms. The molecular weight excluding hydrogens is 244 g/mol. The van der Waals surface area contributed by atoms with Gasteiger partial charge in [0.25, 0.3) is 0 Å². The minimum Gasteiger partial charge on any atom is -0.481 e. The third-order valence-corrected chi connectivity index (χ3v) is 4.56. The summed E-state index contributed by atoms with van der Waals surface area (Å²) in [5.41, 5.74) is -0.684. The van der Waals surface area contributed by atoms with Gasteiger partial charge in [-0.3, -0.25) is 14.5 Å². The highest BCUT2D eigenvalue weighted by Crippen LogP contribution is 2.30. The van der Waals surface area contributed by atoms with E-state index in [1.165, 1.54) is 0 Å². The molecule has 1 unspecified atom stereocenters. The first-order valence-corrected chi connectivity index (χ1v) is 7.14. The SMILES string of the molecule is CC1CCN(C(=O)CN2CCC(C)(C(=O)O)C2)CC1. The van der Waals surface area contributed by atoms with Crippen LogP contribution in [-0.2, 0) is 9.59 Å². The Kier molecular flexibility index (Phi) is 4.13. The lowest BCUT2D eigenvalue weighted by molar-refractivity contribution is -0.147. The van der Waals surface area contributed by atoms with Gasteiger partial charge in [0.15, 0.2) is 0 Å². The number of carbonyl (C=O) groups excluding carboxylic acids is 1. The van der Waals surface area contributed by atoms with E-state index in [0.717, 1.165) is 25.9 Å². The van der Waals surface area contributed by atoms with Gasteiger partial charge in [0.1, 0.15) is 0 Å². The van der Waals surface area contributed by atoms with Crippen LogP contribution in [0.25, 0.3) is 0 Å². The number of likely N-dealkylation sites (tertiary alicyclic amines) is 2. The average molecular weight is 268 g/mol. The van der Waals surface area contributed by atoms with Crippen LogP contribution in [0.15, 0.2) is 0 Å². The Morgan fingerprint density at radius 3 is 2.42 bits per heavy atom. The van der Waals surface area contributed by atoms with E-state index in [0.29, 0.717) is 32.0 Å². The van der Waals surface area contributed by atoms with Gasteiger partial charge < -0.3 is 10.0 Å². The molecule has 2 aliphatic rings. The van der Waals surface area contributed by atoms with Gasteiger partial charge in [-0.2, -0.15) is 0 Å². The minimum absolute atomic E-state index is 0.154. The second kappa shape index (κ2) is 5.49. The Morgan fingerprint density at radius 1 is 1.26 bits per heavy atom. The molecule has 1 amide bonds. The third kappa shape index (κ3) is 3.26. The number of hydrogen-bond donors (Lipinski definition) is 1. The maximum Gasteiger partial charge on any atom is 0.310 e. The van der Waals surface area contributed by atoms with Crippen molar-refractivity contribution in [3.05, 3.63) is 0 Å². The molecule has 0 aromatic heterocycles. The number of hydrogen-bond acceptors (Lipinski definition) is 3. The molecule has 0 radical (unpaired) electrons. The van der Waals surface area contributed by atoms with Crippen LogP contribution in [0.1, 0.15) is 33.1 Å². The summed E-state index contributed by atoms with van der Waals surface area (Å²) in [6, 6.07) is 0. The predicted octanol–water partition coefficient (Wildman–Crippen LogP) is 1.04. The first-order chi connectivity index (χ1) is 8.90. The van der Waals surface area contributed by atoms with Crippen molar-refractivity contribution in [1.29, 1.82) is 0 Å². The summed E-state index contributed by atoms with van der Waals surface area (Å²) in [6.45, 7) is 7.26. The van der Waals surface area contributed by atoms with Gasteiger partial charge >= 0.3 is 5.97 Å². The van der Waals surface area contributed by atoms with Crippen LogP contribution in [0.4, 0.5) is 0 Å². The van der Waals surface area contributed by atoms with Crippen LogP contribution < -0.4 is 0 Å². The maximum atomic E-state index is 12.2. The zero-order valence-electron chi connectivity index (χ0n) is 11.9. The van der Waals surface area contributed by atoms with Crippen molar-refractivity contribution in [2.75, 3.05) is 32.7 Å². The predicted molar refractivity (Wildman–Crippen MR) is 71.8 cm³/mol. The smallest absolute Gasteiger partial charge is 0.310 e. The minimum atomic E-state index is -0.755. The van der Waals surface area contributed by atoms with E-state index in [-0.39, 0.29) is 5.91 Å². The second-order valence-electron chi connectivity index (χ2n) is 6.39. The van der Waals surface area contributed by atoms with Gasteiger partial charge in [-0.15, -0.1) is 0 Å². The average Bonchev–Trinajstić information content (AvgIpc) is 2.73. The lowest BCUT2D eigenvalue weighted by atomic mass is 9.90. The van der Waals surface area contributed by atoms with Gasteiger partial charge in [0.2, 0.25) is 5.91 Å². The monoisotopic (exact) mass is 268 g/mol. The van der Waals surface area contributed by atoms with Crippen LogP contribution in [0.3, 0.4) is 0 Å². The largest absolute Gasteiger partial charge is 0.481 e. The van der Waals surface area contributed by atoms with Crippen LogP contribution in [0.2, 0.25) is 0 Å². The molecule has 1 N–H and O–H groups in total. The maximum absolute atomic E-state index is 12.2. The fourth-order valence-corrected chi connectivity index (χ4v) is 2.92. The van der Waals surface area contributed by atoms with Crippen LogP contribution in [-0.4, -0.2) is 59.5 Å². The number of piperidine rings is 1. The lowest BCUT2D eigenvalue weighted by Crippen LogP contribution is -2.44. The normalized spacial score (nSPS) is 29.7. The molecule has 2 heterocycles. The van der Waals surface area contributed by atoms with E-state index in [9.17, 15) is 14.7 Å². The Balaban J connectivity index is 1.82. The van der Waals surface area contributed by atoms with Crippen molar-refractivity contribution in [3.8, 4) is 0 Å². The second-order valence-corrected chi connectivity index (χ2v) is 6.39. The van der Waals surface area contributed by atoms with Gasteiger partial charge in [-0.1, -0.05) is 6.92 Å². The molecule has 5 heteroatoms. The standard InChI is InChI=1S/C14H24N2O3/c1-11-3-6-16(7-4-11)12(17)9-15-8-5-14(2,10-15)13(18)19/h11H,3-10H2,1-2H3,(H,18,19). The highest BCUT2D eigenvalue weighted by molar-refractivity contribution is 5.79. The highest BCUT2D eigenvalue weighted by Gasteiger charge is 2.41. The molecule has 19 heavy (non-hydrogen) atoms. The van der Waals surface area contributed by atoms with Crippen molar-refractivity contribution in [3.63, 3.8) is 0 Å². The van der Waals surface area contributed by atoms with Crippen LogP contribution in [0, 0.1) is 11.3 Å². The van der Waals surface area contributed by atoms with Gasteiger partial charge in [-0.05, 0) is 38.6 Å². The van der Waals surface area contributed by atoms with E-state index in [1.54, 1.807) is 6.92 Å². The fourth-order valence-electron chi connectivity index (χ4n) is 2.92. The highest BCUT2D eigenvalue weighted by atomic mass is 16.4. The quantitative estimate of drug-likeness (QED) is 0.831. The third-order valence-electron chi connectivity index (χ3n) is 4.56. The van der Waals surface area contributed by atoms with Crippen molar-refractivity contribution in [1.82, 2.24) is 9.80 Å². The zero-order chi connectivity index (χ0) is 14.0. The number of aliphatic carboxylic acids is 1. The van der Waals surface area contributed by atoms with E-state index in [4.69, 9.17) is 0 Å². The van der Waals surface area contributed by atoms with Crippen molar-refractivity contribution >= 4 is 11.9 Å². The number of carbonyl (C=O) groups is 2.